The van der Waals surface area contributed by atoms with Gasteiger partial charge in [-0.25, -0.2) is 10.1 Å². The zero-order chi connectivity index (χ0) is 11.7. The summed E-state index contributed by atoms with van der Waals surface area (Å²) in [5, 5.41) is 5.66. The van der Waals surface area contributed by atoms with Gasteiger partial charge in [-0.3, -0.25) is 0 Å². The topological polar surface area (TPSA) is 41.9 Å². The Balaban J connectivity index is 1.93. The fourth-order valence-corrected chi connectivity index (χ4v) is 2.58. The molecular weight excluding hydrogens is 232 g/mol. The van der Waals surface area contributed by atoms with Crippen LogP contribution in [-0.2, 0) is 0 Å². The Bertz CT molecular complexity index is 508. The van der Waals surface area contributed by atoms with Crippen molar-refractivity contribution in [2.45, 2.75) is 18.1 Å². The maximum Gasteiger partial charge on any atom is 0.146 e. The molecular formula is C12H14N4S. The van der Waals surface area contributed by atoms with Crippen LogP contribution >= 0.6 is 11.8 Å². The van der Waals surface area contributed by atoms with Crippen molar-refractivity contribution in [2.24, 2.45) is 0 Å². The summed E-state index contributed by atoms with van der Waals surface area (Å²) in [4.78, 5) is 0. The van der Waals surface area contributed by atoms with Crippen molar-refractivity contribution in [3.05, 3.63) is 42.0 Å². The Morgan fingerprint density at radius 1 is 1.35 bits per heavy atom. The van der Waals surface area contributed by atoms with Crippen molar-refractivity contribution < 1.29 is 0 Å². The molecule has 17 heavy (non-hydrogen) atoms. The molecule has 0 spiro atoms. The molecule has 1 unspecified atom stereocenters. The van der Waals surface area contributed by atoms with Gasteiger partial charge in [0.1, 0.15) is 17.0 Å². The van der Waals surface area contributed by atoms with E-state index in [1.165, 1.54) is 5.56 Å². The zero-order valence-corrected chi connectivity index (χ0v) is 10.4. The van der Waals surface area contributed by atoms with Gasteiger partial charge in [0.05, 0.1) is 0 Å². The molecule has 0 aliphatic carbocycles. The molecule has 2 N–H and O–H groups in total. The van der Waals surface area contributed by atoms with Crippen LogP contribution in [-0.4, -0.2) is 15.5 Å². The third-order valence-corrected chi connectivity index (χ3v) is 3.49. The van der Waals surface area contributed by atoms with Crippen molar-refractivity contribution in [2.75, 3.05) is 11.2 Å². The number of benzene rings is 1. The molecule has 2 heterocycles. The number of hydrazine groups is 1. The van der Waals surface area contributed by atoms with Gasteiger partial charge in [0.25, 0.3) is 0 Å². The second kappa shape index (κ2) is 4.43. The van der Waals surface area contributed by atoms with E-state index in [1.807, 2.05) is 22.9 Å². The average Bonchev–Trinajstić information content (AvgIpc) is 2.90. The number of rotatable bonds is 3. The molecule has 88 valence electrons. The summed E-state index contributed by atoms with van der Waals surface area (Å²) in [6.45, 7) is 2.13. The standard InChI is InChI=1S/C12H14N4S/c1-2-17-11-8-10-13-14-12(16(10)15-11)9-6-4-3-5-7-9/h3-8,12-14H,2H2,1H3. The molecule has 2 aromatic rings. The Kier molecular flexibility index (Phi) is 2.78. The van der Waals surface area contributed by atoms with Crippen LogP contribution in [0.2, 0.25) is 0 Å². The number of nitrogens with one attached hydrogen (secondary N) is 2. The quantitative estimate of drug-likeness (QED) is 0.816. The van der Waals surface area contributed by atoms with E-state index in [-0.39, 0.29) is 6.17 Å². The van der Waals surface area contributed by atoms with Gasteiger partial charge in [-0.15, -0.1) is 11.8 Å². The molecule has 0 fully saturated rings. The van der Waals surface area contributed by atoms with Crippen LogP contribution in [0.1, 0.15) is 18.7 Å². The van der Waals surface area contributed by atoms with E-state index in [2.05, 4.69) is 41.1 Å². The highest BCUT2D eigenvalue weighted by atomic mass is 32.2. The van der Waals surface area contributed by atoms with Gasteiger partial charge in [-0.1, -0.05) is 37.3 Å². The van der Waals surface area contributed by atoms with Crippen molar-refractivity contribution in [1.82, 2.24) is 15.2 Å². The first-order valence-corrected chi connectivity index (χ1v) is 6.66. The maximum atomic E-state index is 4.59. The fourth-order valence-electron chi connectivity index (χ4n) is 1.94. The van der Waals surface area contributed by atoms with Crippen LogP contribution in [0.4, 0.5) is 5.82 Å². The van der Waals surface area contributed by atoms with E-state index in [9.17, 15) is 0 Å². The molecule has 0 bridgehead atoms. The number of fused-ring (bicyclic) bond motifs is 1. The van der Waals surface area contributed by atoms with Crippen LogP contribution < -0.4 is 10.9 Å². The minimum absolute atomic E-state index is 0.0809. The number of nitrogens with zero attached hydrogens (tertiary/aromatic N) is 2. The van der Waals surface area contributed by atoms with Gasteiger partial charge >= 0.3 is 0 Å². The van der Waals surface area contributed by atoms with Crippen molar-refractivity contribution in [3.63, 3.8) is 0 Å². The van der Waals surface area contributed by atoms with E-state index >= 15 is 0 Å². The first-order valence-electron chi connectivity index (χ1n) is 5.67. The number of thioether (sulfide) groups is 1. The summed E-state index contributed by atoms with van der Waals surface area (Å²) in [5.41, 5.74) is 7.60. The monoisotopic (exact) mass is 246 g/mol. The van der Waals surface area contributed by atoms with E-state index in [1.54, 1.807) is 11.8 Å². The van der Waals surface area contributed by atoms with Crippen molar-refractivity contribution >= 4 is 17.6 Å². The number of hydrogen-bond donors (Lipinski definition) is 2. The lowest BCUT2D eigenvalue weighted by Crippen LogP contribution is -2.23. The normalized spacial score (nSPS) is 17.8. The van der Waals surface area contributed by atoms with Crippen LogP contribution in [0.3, 0.4) is 0 Å². The predicted octanol–water partition coefficient (Wildman–Crippen LogP) is 2.47. The van der Waals surface area contributed by atoms with Gasteiger partial charge in [-0.2, -0.15) is 5.10 Å². The van der Waals surface area contributed by atoms with E-state index in [0.29, 0.717) is 0 Å². The molecule has 1 atom stereocenters. The summed E-state index contributed by atoms with van der Waals surface area (Å²) < 4.78 is 1.99. The number of hydrogen-bond acceptors (Lipinski definition) is 4. The lowest BCUT2D eigenvalue weighted by Gasteiger charge is -2.11. The minimum atomic E-state index is 0.0809. The van der Waals surface area contributed by atoms with Crippen molar-refractivity contribution in [1.29, 1.82) is 0 Å². The summed E-state index contributed by atoms with van der Waals surface area (Å²) in [5.74, 6) is 2.06. The molecule has 0 saturated carbocycles. The molecule has 1 aromatic carbocycles. The number of aromatic nitrogens is 2. The summed E-state index contributed by atoms with van der Waals surface area (Å²) in [6, 6.07) is 12.4. The fraction of sp³-hybridized carbons (Fsp3) is 0.250. The highest BCUT2D eigenvalue weighted by molar-refractivity contribution is 7.99. The zero-order valence-electron chi connectivity index (χ0n) is 9.55. The molecule has 1 aliphatic rings. The van der Waals surface area contributed by atoms with Crippen LogP contribution in [0.5, 0.6) is 0 Å². The van der Waals surface area contributed by atoms with Crippen LogP contribution in [0.25, 0.3) is 0 Å². The molecule has 5 heteroatoms. The summed E-state index contributed by atoms with van der Waals surface area (Å²) in [6.07, 6.45) is 0.0809. The Hall–Kier alpha value is -1.46. The first kappa shape index (κ1) is 10.7. The van der Waals surface area contributed by atoms with Crippen LogP contribution in [0.15, 0.2) is 41.4 Å². The second-order valence-electron chi connectivity index (χ2n) is 3.83. The van der Waals surface area contributed by atoms with Crippen molar-refractivity contribution in [3.8, 4) is 0 Å². The molecule has 0 amide bonds. The minimum Gasteiger partial charge on any atom is -0.304 e. The van der Waals surface area contributed by atoms with Crippen LogP contribution in [0, 0.1) is 0 Å². The molecule has 3 rings (SSSR count). The maximum absolute atomic E-state index is 4.59. The number of anilines is 1. The molecule has 4 nitrogen and oxygen atoms in total. The smallest absolute Gasteiger partial charge is 0.146 e. The molecule has 0 saturated heterocycles. The van der Waals surface area contributed by atoms with E-state index in [4.69, 9.17) is 0 Å². The Morgan fingerprint density at radius 2 is 2.18 bits per heavy atom. The summed E-state index contributed by atoms with van der Waals surface area (Å²) >= 11 is 1.76. The summed E-state index contributed by atoms with van der Waals surface area (Å²) in [7, 11) is 0. The highest BCUT2D eigenvalue weighted by Gasteiger charge is 2.24. The average molecular weight is 246 g/mol. The van der Waals surface area contributed by atoms with E-state index < -0.39 is 0 Å². The van der Waals surface area contributed by atoms with Gasteiger partial charge in [-0.05, 0) is 11.3 Å². The van der Waals surface area contributed by atoms with Gasteiger partial charge in [0.2, 0.25) is 0 Å². The first-order chi connectivity index (χ1) is 8.38. The Morgan fingerprint density at radius 3 is 2.94 bits per heavy atom. The highest BCUT2D eigenvalue weighted by Crippen LogP contribution is 2.29. The molecule has 1 aromatic heterocycles. The predicted molar refractivity (Wildman–Crippen MR) is 70.0 cm³/mol. The van der Waals surface area contributed by atoms with Gasteiger partial charge in [0.15, 0.2) is 0 Å². The lowest BCUT2D eigenvalue weighted by atomic mass is 10.2. The molecule has 0 radical (unpaired) electrons. The lowest BCUT2D eigenvalue weighted by molar-refractivity contribution is 0.507. The van der Waals surface area contributed by atoms with Gasteiger partial charge < -0.3 is 5.43 Å². The largest absolute Gasteiger partial charge is 0.304 e. The van der Waals surface area contributed by atoms with E-state index in [0.717, 1.165) is 16.6 Å². The third kappa shape index (κ3) is 1.92. The Labute approximate surface area is 104 Å². The second-order valence-corrected chi connectivity index (χ2v) is 5.11. The van der Waals surface area contributed by atoms with Gasteiger partial charge in [0, 0.05) is 6.07 Å². The molecule has 1 aliphatic heterocycles. The third-order valence-electron chi connectivity index (χ3n) is 2.70. The SMILES string of the molecule is CCSc1cc2n(n1)C(c1ccccc1)NN2.